The number of carboxylic acid groups (broad SMARTS) is 1. The zero-order valence-corrected chi connectivity index (χ0v) is 9.92. The maximum Gasteiger partial charge on any atom is 0.387 e. The van der Waals surface area contributed by atoms with E-state index in [-0.39, 0.29) is 16.6 Å². The van der Waals surface area contributed by atoms with E-state index in [0.29, 0.717) is 11.1 Å². The number of benzene rings is 1. The van der Waals surface area contributed by atoms with E-state index in [0.717, 1.165) is 0 Å². The molecule has 0 aliphatic carbocycles. The first kappa shape index (κ1) is 12.9. The summed E-state index contributed by atoms with van der Waals surface area (Å²) in [5, 5.41) is 9.23. The van der Waals surface area contributed by atoms with Gasteiger partial charge in [-0.15, -0.1) is 0 Å². The smallest absolute Gasteiger partial charge is 0.387 e. The number of aromatic carboxylic acids is 1. The average Bonchev–Trinajstić information content (AvgIpc) is 2.18. The van der Waals surface area contributed by atoms with Gasteiger partial charge < -0.3 is 9.84 Å². The molecular formula is C10H9BrF2O3. The number of ether oxygens (including phenoxy) is 1. The van der Waals surface area contributed by atoms with E-state index in [1.807, 2.05) is 0 Å². The number of aryl methyl sites for hydroxylation is 1. The molecule has 0 bridgehead atoms. The number of carbonyl (C=O) groups is 1. The lowest BCUT2D eigenvalue weighted by molar-refractivity contribution is -0.0503. The first-order chi connectivity index (χ1) is 7.47. The Morgan fingerprint density at radius 2 is 2.19 bits per heavy atom. The van der Waals surface area contributed by atoms with Crippen molar-refractivity contribution in [2.75, 3.05) is 0 Å². The first-order valence-corrected chi connectivity index (χ1v) is 5.46. The summed E-state index contributed by atoms with van der Waals surface area (Å²) in [7, 11) is 0. The van der Waals surface area contributed by atoms with E-state index >= 15 is 0 Å². The van der Waals surface area contributed by atoms with Crippen LogP contribution < -0.4 is 4.74 Å². The van der Waals surface area contributed by atoms with Crippen LogP contribution in [0.1, 0.15) is 21.5 Å². The van der Waals surface area contributed by atoms with E-state index < -0.39 is 12.6 Å². The fourth-order valence-corrected chi connectivity index (χ4v) is 2.05. The molecule has 0 radical (unpaired) electrons. The van der Waals surface area contributed by atoms with Crippen molar-refractivity contribution in [2.24, 2.45) is 0 Å². The molecule has 0 spiro atoms. The minimum atomic E-state index is -3.04. The zero-order chi connectivity index (χ0) is 12.3. The van der Waals surface area contributed by atoms with Crippen molar-refractivity contribution in [1.82, 2.24) is 0 Å². The van der Waals surface area contributed by atoms with Gasteiger partial charge in [0.1, 0.15) is 11.3 Å². The normalized spacial score (nSPS) is 10.6. The minimum absolute atomic E-state index is 0.225. The van der Waals surface area contributed by atoms with Gasteiger partial charge in [-0.2, -0.15) is 8.78 Å². The molecule has 0 fully saturated rings. The molecule has 1 aromatic carbocycles. The number of hydrogen-bond acceptors (Lipinski definition) is 2. The lowest BCUT2D eigenvalue weighted by atomic mass is 10.0. The summed E-state index contributed by atoms with van der Waals surface area (Å²) >= 11 is 3.12. The molecule has 88 valence electrons. The number of alkyl halides is 3. The summed E-state index contributed by atoms with van der Waals surface area (Å²) < 4.78 is 28.3. The third-order valence-corrected chi connectivity index (χ3v) is 2.63. The van der Waals surface area contributed by atoms with Crippen molar-refractivity contribution in [3.63, 3.8) is 0 Å². The number of rotatable bonds is 4. The molecule has 0 saturated heterocycles. The van der Waals surface area contributed by atoms with Gasteiger partial charge >= 0.3 is 12.6 Å². The molecule has 3 nitrogen and oxygen atoms in total. The largest absolute Gasteiger partial charge is 0.478 e. The third-order valence-electron chi connectivity index (χ3n) is 2.07. The summed E-state index contributed by atoms with van der Waals surface area (Å²) in [6, 6.07) is 2.78. The van der Waals surface area contributed by atoms with Gasteiger partial charge in [-0.05, 0) is 24.1 Å². The second-order valence-corrected chi connectivity index (χ2v) is 3.61. The van der Waals surface area contributed by atoms with E-state index in [1.165, 1.54) is 6.07 Å². The fraction of sp³-hybridized carbons (Fsp3) is 0.300. The average molecular weight is 295 g/mol. The Balaban J connectivity index is 3.33. The molecule has 0 aromatic heterocycles. The van der Waals surface area contributed by atoms with Crippen LogP contribution in [0.3, 0.4) is 0 Å². The maximum absolute atomic E-state index is 12.1. The standard InChI is InChI=1S/C10H9BrF2O3/c1-5-2-3-7(16-10(12)13)8(9(14)15)6(5)4-11/h2-3,10H,4H2,1H3,(H,14,15). The minimum Gasteiger partial charge on any atom is -0.478 e. The SMILES string of the molecule is Cc1ccc(OC(F)F)c(C(=O)O)c1CBr. The Kier molecular flexibility index (Phi) is 4.23. The monoisotopic (exact) mass is 294 g/mol. The van der Waals surface area contributed by atoms with Crippen LogP contribution in [0.4, 0.5) is 8.78 Å². The highest BCUT2D eigenvalue weighted by Crippen LogP contribution is 2.28. The lowest BCUT2D eigenvalue weighted by Crippen LogP contribution is -2.10. The van der Waals surface area contributed by atoms with Crippen molar-refractivity contribution in [3.05, 3.63) is 28.8 Å². The molecule has 0 unspecified atom stereocenters. The van der Waals surface area contributed by atoms with E-state index in [1.54, 1.807) is 13.0 Å². The van der Waals surface area contributed by atoms with Gasteiger partial charge in [-0.1, -0.05) is 22.0 Å². The van der Waals surface area contributed by atoms with Crippen molar-refractivity contribution < 1.29 is 23.4 Å². The molecular weight excluding hydrogens is 286 g/mol. The van der Waals surface area contributed by atoms with Crippen LogP contribution in [0.5, 0.6) is 5.75 Å². The van der Waals surface area contributed by atoms with Crippen LogP contribution in [0.25, 0.3) is 0 Å². The van der Waals surface area contributed by atoms with Crippen LogP contribution in [0, 0.1) is 6.92 Å². The molecule has 0 amide bonds. The van der Waals surface area contributed by atoms with E-state index in [9.17, 15) is 13.6 Å². The van der Waals surface area contributed by atoms with Crippen LogP contribution in [-0.2, 0) is 5.33 Å². The summed E-state index contributed by atoms with van der Waals surface area (Å²) in [5.74, 6) is -1.60. The summed E-state index contributed by atoms with van der Waals surface area (Å²) in [4.78, 5) is 11.0. The van der Waals surface area contributed by atoms with Crippen LogP contribution in [0.15, 0.2) is 12.1 Å². The van der Waals surface area contributed by atoms with Crippen LogP contribution in [-0.4, -0.2) is 17.7 Å². The van der Waals surface area contributed by atoms with Gasteiger partial charge in [0.2, 0.25) is 0 Å². The first-order valence-electron chi connectivity index (χ1n) is 4.34. The Hall–Kier alpha value is -1.17. The van der Waals surface area contributed by atoms with Crippen LogP contribution in [0.2, 0.25) is 0 Å². The highest BCUT2D eigenvalue weighted by atomic mass is 79.9. The molecule has 16 heavy (non-hydrogen) atoms. The highest BCUT2D eigenvalue weighted by Gasteiger charge is 2.20. The summed E-state index contributed by atoms with van der Waals surface area (Å²) in [6.45, 7) is -1.33. The van der Waals surface area contributed by atoms with Gasteiger partial charge in [0, 0.05) is 5.33 Å². The zero-order valence-electron chi connectivity index (χ0n) is 8.34. The van der Waals surface area contributed by atoms with E-state index in [4.69, 9.17) is 5.11 Å². The molecule has 1 rings (SSSR count). The molecule has 6 heteroatoms. The van der Waals surface area contributed by atoms with Crippen molar-refractivity contribution in [3.8, 4) is 5.75 Å². The van der Waals surface area contributed by atoms with Gasteiger partial charge in [0.15, 0.2) is 0 Å². The van der Waals surface area contributed by atoms with E-state index in [2.05, 4.69) is 20.7 Å². The molecule has 0 aliphatic heterocycles. The number of hydrogen-bond donors (Lipinski definition) is 1. The number of halogens is 3. The second kappa shape index (κ2) is 5.25. The molecule has 0 saturated carbocycles. The Morgan fingerprint density at radius 3 is 2.62 bits per heavy atom. The van der Waals surface area contributed by atoms with Crippen molar-refractivity contribution in [1.29, 1.82) is 0 Å². The molecule has 1 aromatic rings. The molecule has 0 aliphatic rings. The van der Waals surface area contributed by atoms with Gasteiger partial charge in [-0.3, -0.25) is 0 Å². The summed E-state index contributed by atoms with van der Waals surface area (Å²) in [6.07, 6.45) is 0. The third kappa shape index (κ3) is 2.69. The van der Waals surface area contributed by atoms with Crippen molar-refractivity contribution >= 4 is 21.9 Å². The Bertz CT molecular complexity index is 407. The topological polar surface area (TPSA) is 46.5 Å². The van der Waals surface area contributed by atoms with Gasteiger partial charge in [-0.25, -0.2) is 4.79 Å². The number of carboxylic acids is 1. The fourth-order valence-electron chi connectivity index (χ4n) is 1.33. The molecule has 1 N–H and O–H groups in total. The molecule has 0 atom stereocenters. The van der Waals surface area contributed by atoms with Gasteiger partial charge in [0.25, 0.3) is 0 Å². The Labute approximate surface area is 99.2 Å². The van der Waals surface area contributed by atoms with Crippen molar-refractivity contribution in [2.45, 2.75) is 18.9 Å². The van der Waals surface area contributed by atoms with Crippen LogP contribution >= 0.6 is 15.9 Å². The molecule has 0 heterocycles. The summed E-state index contributed by atoms with van der Waals surface area (Å²) in [5.41, 5.74) is 0.915. The highest BCUT2D eigenvalue weighted by molar-refractivity contribution is 9.08. The lowest BCUT2D eigenvalue weighted by Gasteiger charge is -2.12. The predicted molar refractivity (Wildman–Crippen MR) is 57.4 cm³/mol. The second-order valence-electron chi connectivity index (χ2n) is 3.05. The predicted octanol–water partition coefficient (Wildman–Crippen LogP) is 3.19. The Morgan fingerprint density at radius 1 is 1.56 bits per heavy atom. The quantitative estimate of drug-likeness (QED) is 0.868. The van der Waals surface area contributed by atoms with Gasteiger partial charge in [0.05, 0.1) is 0 Å². The maximum atomic E-state index is 12.1.